The van der Waals surface area contributed by atoms with Crippen LogP contribution in [0.5, 0.6) is 5.75 Å². The second-order valence-corrected chi connectivity index (χ2v) is 10.4. The molecule has 0 unspecified atom stereocenters. The van der Waals surface area contributed by atoms with E-state index in [1.165, 1.54) is 0 Å². The van der Waals surface area contributed by atoms with Gasteiger partial charge in [0.15, 0.2) is 15.9 Å². The number of alkyl halides is 3. The number of nitrogens with zero attached hydrogens (tertiary/aromatic N) is 1. The quantitative estimate of drug-likeness (QED) is 0.691. The largest absolute Gasteiger partial charge is 0.481 e. The van der Waals surface area contributed by atoms with Gasteiger partial charge in [0.05, 0.1) is 21.2 Å². The fourth-order valence-electron chi connectivity index (χ4n) is 3.42. The maximum Gasteiger partial charge on any atom is 0.425 e. The molecular formula is C19H20ClF3N2O4S. The van der Waals surface area contributed by atoms with E-state index >= 15 is 0 Å². The molecule has 2 fully saturated rings. The first-order chi connectivity index (χ1) is 13.9. The fourth-order valence-corrected chi connectivity index (χ4v) is 5.80. The second-order valence-electron chi connectivity index (χ2n) is 7.75. The summed E-state index contributed by atoms with van der Waals surface area (Å²) in [7, 11) is -3.90. The molecule has 0 aliphatic heterocycles. The first kappa shape index (κ1) is 22.7. The molecule has 2 saturated carbocycles. The van der Waals surface area contributed by atoms with Gasteiger partial charge < -0.3 is 10.1 Å². The summed E-state index contributed by atoms with van der Waals surface area (Å²) in [5, 5.41) is 10.7. The third kappa shape index (κ3) is 4.67. The number of carbonyl (C=O) groups is 1. The molecule has 1 aromatic carbocycles. The van der Waals surface area contributed by atoms with Crippen LogP contribution in [0.2, 0.25) is 5.02 Å². The molecule has 0 aromatic heterocycles. The summed E-state index contributed by atoms with van der Waals surface area (Å²) in [4.78, 5) is 12.2. The second kappa shape index (κ2) is 7.93. The maximum atomic E-state index is 13.0. The smallest absolute Gasteiger partial charge is 0.425 e. The Kier molecular flexibility index (Phi) is 6.00. The number of halogens is 4. The first-order valence-corrected chi connectivity index (χ1v) is 11.3. The van der Waals surface area contributed by atoms with Crippen molar-refractivity contribution >= 4 is 27.3 Å². The lowest BCUT2D eigenvalue weighted by atomic mass is 10.1. The summed E-state index contributed by atoms with van der Waals surface area (Å²) in [6.07, 6.45) is -4.77. The zero-order valence-corrected chi connectivity index (χ0v) is 17.6. The average Bonchev–Trinajstić information content (AvgIpc) is 3.23. The zero-order valence-electron chi connectivity index (χ0n) is 16.0. The molecule has 2 aliphatic rings. The number of carbonyl (C=O) groups excluding carboxylic acids is 1. The van der Waals surface area contributed by atoms with Crippen LogP contribution in [0.3, 0.4) is 0 Å². The molecule has 1 N–H and O–H groups in total. The van der Waals surface area contributed by atoms with Gasteiger partial charge in [0.25, 0.3) is 0 Å². The summed E-state index contributed by atoms with van der Waals surface area (Å²) in [6, 6.07) is 5.35. The van der Waals surface area contributed by atoms with Gasteiger partial charge in [-0.05, 0) is 51.2 Å². The number of nitriles is 1. The van der Waals surface area contributed by atoms with Crippen molar-refractivity contribution in [3.8, 4) is 11.8 Å². The van der Waals surface area contributed by atoms with Crippen LogP contribution >= 0.6 is 11.6 Å². The fraction of sp³-hybridized carbons (Fsp3) is 0.579. The highest BCUT2D eigenvalue weighted by atomic mass is 35.5. The summed E-state index contributed by atoms with van der Waals surface area (Å²) in [6.45, 7) is 0.834. The topological polar surface area (TPSA) is 96.3 Å². The molecule has 0 bridgehead atoms. The molecule has 164 valence electrons. The minimum atomic E-state index is -4.57. The van der Waals surface area contributed by atoms with Crippen molar-refractivity contribution in [2.24, 2.45) is 5.92 Å². The summed E-state index contributed by atoms with van der Waals surface area (Å²) in [5.74, 6) is -1.05. The molecule has 1 aromatic rings. The molecule has 2 aliphatic carbocycles. The third-order valence-corrected chi connectivity index (χ3v) is 8.20. The van der Waals surface area contributed by atoms with Crippen molar-refractivity contribution in [3.05, 3.63) is 23.2 Å². The Morgan fingerprint density at radius 1 is 1.37 bits per heavy atom. The van der Waals surface area contributed by atoms with Gasteiger partial charge in [0, 0.05) is 12.0 Å². The highest BCUT2D eigenvalue weighted by Gasteiger charge is 2.47. The predicted octanol–water partition coefficient (Wildman–Crippen LogP) is 3.78. The number of ether oxygens (including phenoxy) is 1. The molecule has 1 amide bonds. The Balaban J connectivity index is 1.70. The van der Waals surface area contributed by atoms with E-state index in [1.807, 2.05) is 0 Å². The summed E-state index contributed by atoms with van der Waals surface area (Å²) in [5.41, 5.74) is -0.819. The lowest BCUT2D eigenvalue weighted by Gasteiger charge is -2.19. The van der Waals surface area contributed by atoms with Crippen LogP contribution in [0.25, 0.3) is 0 Å². The van der Waals surface area contributed by atoms with Crippen LogP contribution in [0.15, 0.2) is 23.1 Å². The Hall–Kier alpha value is -1.99. The molecular weight excluding hydrogens is 445 g/mol. The van der Waals surface area contributed by atoms with Crippen LogP contribution in [0.4, 0.5) is 13.2 Å². The number of rotatable bonds is 6. The SMILES string of the molecule is C[C@H](Oc1ccc(S(=O)(=O)[C@@H]2CC[C@@H](C(=O)NC3(C#N)CC3)C2)c(Cl)c1)C(F)(F)F. The van der Waals surface area contributed by atoms with Crippen molar-refractivity contribution in [1.29, 1.82) is 5.26 Å². The van der Waals surface area contributed by atoms with Gasteiger partial charge in [-0.15, -0.1) is 0 Å². The average molecular weight is 465 g/mol. The Labute approximate surface area is 177 Å². The van der Waals surface area contributed by atoms with Gasteiger partial charge in [-0.3, -0.25) is 4.79 Å². The molecule has 6 nitrogen and oxygen atoms in total. The van der Waals surface area contributed by atoms with Crippen molar-refractivity contribution in [1.82, 2.24) is 5.32 Å². The number of hydrogen-bond donors (Lipinski definition) is 1. The minimum Gasteiger partial charge on any atom is -0.481 e. The molecule has 3 atom stereocenters. The van der Waals surface area contributed by atoms with E-state index in [1.54, 1.807) is 0 Å². The molecule has 30 heavy (non-hydrogen) atoms. The predicted molar refractivity (Wildman–Crippen MR) is 102 cm³/mol. The molecule has 0 heterocycles. The van der Waals surface area contributed by atoms with Gasteiger partial charge >= 0.3 is 6.18 Å². The highest BCUT2D eigenvalue weighted by molar-refractivity contribution is 7.92. The van der Waals surface area contributed by atoms with E-state index in [2.05, 4.69) is 11.4 Å². The lowest BCUT2D eigenvalue weighted by molar-refractivity contribution is -0.189. The van der Waals surface area contributed by atoms with Gasteiger partial charge in [-0.25, -0.2) is 8.42 Å². The Morgan fingerprint density at radius 2 is 2.03 bits per heavy atom. The van der Waals surface area contributed by atoms with Crippen molar-refractivity contribution in [2.75, 3.05) is 0 Å². The first-order valence-electron chi connectivity index (χ1n) is 9.38. The van der Waals surface area contributed by atoms with Gasteiger partial charge in [-0.2, -0.15) is 18.4 Å². The van der Waals surface area contributed by atoms with E-state index in [-0.39, 0.29) is 34.4 Å². The Morgan fingerprint density at radius 3 is 2.57 bits per heavy atom. The highest BCUT2D eigenvalue weighted by Crippen LogP contribution is 2.39. The minimum absolute atomic E-state index is 0.0926. The molecule has 0 saturated heterocycles. The number of sulfone groups is 1. The van der Waals surface area contributed by atoms with Gasteiger partial charge in [0.1, 0.15) is 11.3 Å². The van der Waals surface area contributed by atoms with E-state index < -0.39 is 38.8 Å². The van der Waals surface area contributed by atoms with Gasteiger partial charge in [-0.1, -0.05) is 11.6 Å². The van der Waals surface area contributed by atoms with Crippen LogP contribution in [-0.4, -0.2) is 37.4 Å². The van der Waals surface area contributed by atoms with E-state index in [0.29, 0.717) is 19.3 Å². The van der Waals surface area contributed by atoms with Crippen molar-refractivity contribution < 1.29 is 31.1 Å². The van der Waals surface area contributed by atoms with Crippen LogP contribution in [-0.2, 0) is 14.6 Å². The molecule has 3 rings (SSSR count). The monoisotopic (exact) mass is 464 g/mol. The normalized spacial score (nSPS) is 24.0. The number of nitrogens with one attached hydrogen (secondary N) is 1. The summed E-state index contributed by atoms with van der Waals surface area (Å²) >= 11 is 6.05. The van der Waals surface area contributed by atoms with Crippen LogP contribution < -0.4 is 10.1 Å². The number of hydrogen-bond acceptors (Lipinski definition) is 5. The van der Waals surface area contributed by atoms with Crippen LogP contribution in [0.1, 0.15) is 39.0 Å². The molecule has 0 radical (unpaired) electrons. The van der Waals surface area contributed by atoms with E-state index in [4.69, 9.17) is 21.6 Å². The number of amides is 1. The maximum absolute atomic E-state index is 13.0. The summed E-state index contributed by atoms with van der Waals surface area (Å²) < 4.78 is 68.6. The van der Waals surface area contributed by atoms with E-state index in [0.717, 1.165) is 25.1 Å². The zero-order chi connectivity index (χ0) is 22.3. The third-order valence-electron chi connectivity index (χ3n) is 5.50. The standard InChI is InChI=1S/C19H20ClF3N2O4S/c1-11(19(21,22)23)29-13-3-5-16(15(20)9-13)30(27,28)14-4-2-12(8-14)17(26)25-18(10-24)6-7-18/h3,5,9,11-12,14H,2,4,6-8H2,1H3,(H,25,26)/t11-,12+,14+/m0/s1. The van der Waals surface area contributed by atoms with Crippen molar-refractivity contribution in [3.63, 3.8) is 0 Å². The van der Waals surface area contributed by atoms with Gasteiger partial charge in [0.2, 0.25) is 5.91 Å². The molecule has 0 spiro atoms. The van der Waals surface area contributed by atoms with Crippen molar-refractivity contribution in [2.45, 2.75) is 67.0 Å². The Bertz CT molecular complexity index is 986. The lowest BCUT2D eigenvalue weighted by Crippen LogP contribution is -2.39. The molecule has 11 heteroatoms. The van der Waals surface area contributed by atoms with Crippen LogP contribution in [0, 0.1) is 17.2 Å². The van der Waals surface area contributed by atoms with E-state index in [9.17, 15) is 26.4 Å². The number of benzene rings is 1.